The molecule has 0 saturated heterocycles. The van der Waals surface area contributed by atoms with Crippen LogP contribution < -0.4 is 0 Å². The minimum atomic E-state index is -0.826. The van der Waals surface area contributed by atoms with Crippen molar-refractivity contribution in [1.82, 2.24) is 0 Å². The fourth-order valence-corrected chi connectivity index (χ4v) is 9.26. The van der Waals surface area contributed by atoms with Crippen LogP contribution in [0.5, 0.6) is 0 Å². The van der Waals surface area contributed by atoms with Gasteiger partial charge in [-0.2, -0.15) is 12.1 Å². The van der Waals surface area contributed by atoms with Crippen molar-refractivity contribution in [2.45, 2.75) is 170 Å². The van der Waals surface area contributed by atoms with E-state index >= 15 is 0 Å². The van der Waals surface area contributed by atoms with E-state index in [1.807, 2.05) is 0 Å². The first-order valence-corrected chi connectivity index (χ1v) is 34.6. The van der Waals surface area contributed by atoms with Crippen molar-refractivity contribution in [3.8, 4) is 44.5 Å². The normalized spacial score (nSPS) is 12.7. The van der Waals surface area contributed by atoms with E-state index in [2.05, 4.69) is 269 Å². The SMILES string of the molecule is CCC(C)c1cc2c(-c3cc(C(C)(C)C)cc(C(C)(C)C)c3)c(-c3ccccc3)ccc2[cH-]1.CCC(C)c1cc2c(-c3cc(C(C)(C)C)cc(C(C)(C)C)c3)c(-c3ccccc3)ccc2[cH-]1.C[Si]C.[Cl][Zr+2][Cl]. The molecule has 0 amide bonds. The number of hydrogen-bond donors (Lipinski definition) is 0. The molecule has 0 aromatic heterocycles. The molecule has 8 aromatic carbocycles. The van der Waals surface area contributed by atoms with Crippen molar-refractivity contribution in [3.63, 3.8) is 0 Å². The molecule has 0 saturated carbocycles. The van der Waals surface area contributed by atoms with Crippen LogP contribution in [0.25, 0.3) is 66.1 Å². The van der Waals surface area contributed by atoms with Crippen LogP contribution in [0.2, 0.25) is 13.1 Å². The van der Waals surface area contributed by atoms with Gasteiger partial charge in [-0.05, 0) is 89.1 Å². The van der Waals surface area contributed by atoms with Gasteiger partial charge in [0.15, 0.2) is 0 Å². The number of halogens is 2. The average Bonchev–Trinajstić information content (AvgIpc) is 3.98. The van der Waals surface area contributed by atoms with Crippen molar-refractivity contribution in [2.24, 2.45) is 0 Å². The first-order valence-electron chi connectivity index (χ1n) is 26.3. The molecule has 8 rings (SSSR count). The second-order valence-corrected chi connectivity index (χ2v) is 28.8. The summed E-state index contributed by atoms with van der Waals surface area (Å²) < 4.78 is 0. The Balaban J connectivity index is 0.000000241. The summed E-state index contributed by atoms with van der Waals surface area (Å²) in [5.74, 6) is 1.13. The molecule has 4 heteroatoms. The van der Waals surface area contributed by atoms with E-state index < -0.39 is 20.8 Å². The second-order valence-electron chi connectivity index (χ2n) is 24.1. The van der Waals surface area contributed by atoms with Crippen LogP contribution in [0, 0.1) is 0 Å². The van der Waals surface area contributed by atoms with Crippen LogP contribution in [0.15, 0.2) is 146 Å². The van der Waals surface area contributed by atoms with Crippen molar-refractivity contribution < 1.29 is 20.8 Å². The van der Waals surface area contributed by atoms with Crippen LogP contribution in [0.3, 0.4) is 0 Å². The molecule has 0 spiro atoms. The van der Waals surface area contributed by atoms with Gasteiger partial charge in [0.25, 0.3) is 0 Å². The number of fused-ring (bicyclic) bond motifs is 2. The van der Waals surface area contributed by atoms with Crippen molar-refractivity contribution in [2.75, 3.05) is 0 Å². The van der Waals surface area contributed by atoms with Crippen LogP contribution in [-0.4, -0.2) is 9.52 Å². The molecule has 0 N–H and O–H groups in total. The van der Waals surface area contributed by atoms with E-state index in [0.717, 1.165) is 22.4 Å². The van der Waals surface area contributed by atoms with E-state index in [1.165, 1.54) is 99.4 Å². The van der Waals surface area contributed by atoms with Gasteiger partial charge in [0.2, 0.25) is 0 Å². The summed E-state index contributed by atoms with van der Waals surface area (Å²) in [6, 6.07) is 55.3. The molecule has 0 aliphatic rings. The van der Waals surface area contributed by atoms with Crippen LogP contribution in [-0.2, 0) is 42.5 Å². The molecule has 2 radical (unpaired) electrons. The van der Waals surface area contributed by atoms with E-state index in [4.69, 9.17) is 17.0 Å². The number of rotatable bonds is 8. The Morgan fingerprint density at radius 2 is 0.708 bits per heavy atom. The zero-order valence-electron chi connectivity index (χ0n) is 47.2. The van der Waals surface area contributed by atoms with Gasteiger partial charge >= 0.3 is 37.9 Å². The van der Waals surface area contributed by atoms with E-state index in [0.29, 0.717) is 11.8 Å². The maximum absolute atomic E-state index is 4.93. The summed E-state index contributed by atoms with van der Waals surface area (Å²) in [5.41, 5.74) is 19.4. The number of hydrogen-bond acceptors (Lipinski definition) is 0. The average molecular weight is 1090 g/mol. The van der Waals surface area contributed by atoms with Gasteiger partial charge in [0.05, 0.1) is 0 Å². The third kappa shape index (κ3) is 14.7. The molecule has 0 nitrogen and oxygen atoms in total. The molecule has 0 fully saturated rings. The third-order valence-corrected chi connectivity index (χ3v) is 14.3. The van der Waals surface area contributed by atoms with Gasteiger partial charge in [-0.1, -0.05) is 257 Å². The van der Waals surface area contributed by atoms with Gasteiger partial charge in [0.1, 0.15) is 0 Å². The molecule has 8 aromatic rings. The predicted octanol–water partition coefficient (Wildman–Crippen LogP) is 22.2. The Hall–Kier alpha value is -3.78. The van der Waals surface area contributed by atoms with Gasteiger partial charge in [0, 0.05) is 9.52 Å². The fraction of sp³-hybridized carbons (Fsp3) is 0.382. The minimum absolute atomic E-state index is 0.0880. The van der Waals surface area contributed by atoms with Crippen molar-refractivity contribution in [1.29, 1.82) is 0 Å². The number of benzene rings is 6. The first kappa shape index (κ1) is 59.1. The fourth-order valence-electron chi connectivity index (χ4n) is 9.26. The molecule has 0 aliphatic heterocycles. The van der Waals surface area contributed by atoms with E-state index in [9.17, 15) is 0 Å². The third-order valence-electron chi connectivity index (χ3n) is 14.3. The quantitative estimate of drug-likeness (QED) is 0.105. The van der Waals surface area contributed by atoms with Crippen molar-refractivity contribution >= 4 is 48.1 Å². The Kier molecular flexibility index (Phi) is 20.7. The maximum atomic E-state index is 4.93. The van der Waals surface area contributed by atoms with Gasteiger partial charge in [-0.15, -0.1) is 56.9 Å². The summed E-state index contributed by atoms with van der Waals surface area (Å²) in [5, 5.41) is 5.44. The molecule has 0 bridgehead atoms. The molecule has 0 heterocycles. The molecule has 378 valence electrons. The predicted molar refractivity (Wildman–Crippen MR) is 322 cm³/mol. The Morgan fingerprint density at radius 3 is 0.958 bits per heavy atom. The van der Waals surface area contributed by atoms with Crippen LogP contribution in [0.4, 0.5) is 0 Å². The molecule has 0 aliphatic carbocycles. The van der Waals surface area contributed by atoms with Gasteiger partial charge in [-0.25, -0.2) is 0 Å². The zero-order chi connectivity index (χ0) is 53.3. The Morgan fingerprint density at radius 1 is 0.431 bits per heavy atom. The second kappa shape index (κ2) is 25.2. The van der Waals surface area contributed by atoms with Crippen LogP contribution >= 0.6 is 17.0 Å². The Bertz CT molecular complexity index is 2710. The topological polar surface area (TPSA) is 0 Å². The molecule has 2 unspecified atom stereocenters. The van der Waals surface area contributed by atoms with Crippen molar-refractivity contribution in [3.05, 3.63) is 179 Å². The monoisotopic (exact) mass is 1090 g/mol. The molecule has 72 heavy (non-hydrogen) atoms. The summed E-state index contributed by atoms with van der Waals surface area (Å²) in [4.78, 5) is 0. The first-order chi connectivity index (χ1) is 33.8. The van der Waals surface area contributed by atoms with E-state index in [1.54, 1.807) is 0 Å². The Labute approximate surface area is 459 Å². The zero-order valence-corrected chi connectivity index (χ0v) is 52.2. The summed E-state index contributed by atoms with van der Waals surface area (Å²) in [7, 11) is 11.0. The molecular formula is C68H84Cl2SiZr. The van der Waals surface area contributed by atoms with Gasteiger partial charge in [-0.3, -0.25) is 0 Å². The summed E-state index contributed by atoms with van der Waals surface area (Å²) >= 11 is -0.826. The standard InChI is InChI=1S/2C33H39.C2H6Si.2ClH.Zr/c2*1-9-22(2)25-17-24-15-16-29(23-13-11-10-12-14-23)31(30(24)20-25)26-18-27(32(3,4)5)21-28(19-26)33(6,7)8;1-3-2;;;/h2*10-22H,9H2,1-8H3;1-2H3;2*1H;/q2*-1;;;;+4/p-2. The summed E-state index contributed by atoms with van der Waals surface area (Å²) in [6.07, 6.45) is 2.32. The summed E-state index contributed by atoms with van der Waals surface area (Å²) in [6.45, 7) is 41.4. The molecule has 2 atom stereocenters. The van der Waals surface area contributed by atoms with Gasteiger partial charge < -0.3 is 0 Å². The molecular weight excluding hydrogens is 1010 g/mol. The van der Waals surface area contributed by atoms with E-state index in [-0.39, 0.29) is 21.7 Å². The van der Waals surface area contributed by atoms with Crippen LogP contribution in [0.1, 0.15) is 169 Å².